The molecular weight excluding hydrogens is 281 g/mol. The van der Waals surface area contributed by atoms with E-state index in [-0.39, 0.29) is 0 Å². The van der Waals surface area contributed by atoms with Gasteiger partial charge in [-0.3, -0.25) is 0 Å². The van der Waals surface area contributed by atoms with Gasteiger partial charge in [-0.1, -0.05) is 18.2 Å². The van der Waals surface area contributed by atoms with Crippen LogP contribution in [-0.4, -0.2) is 42.3 Å². The monoisotopic (exact) mass is 302 g/mol. The number of aliphatic hydroxyl groups is 1. The Morgan fingerprint density at radius 1 is 1.24 bits per heavy atom. The van der Waals surface area contributed by atoms with E-state index in [4.69, 9.17) is 0 Å². The van der Waals surface area contributed by atoms with Crippen molar-refractivity contribution in [2.24, 2.45) is 0 Å². The van der Waals surface area contributed by atoms with Crippen LogP contribution in [0.5, 0.6) is 0 Å². The summed E-state index contributed by atoms with van der Waals surface area (Å²) < 4.78 is 37.7. The van der Waals surface area contributed by atoms with Gasteiger partial charge in [-0.25, -0.2) is 0 Å². The van der Waals surface area contributed by atoms with Crippen molar-refractivity contribution in [3.8, 4) is 0 Å². The molecule has 0 aromatic heterocycles. The highest BCUT2D eigenvalue weighted by Gasteiger charge is 2.30. The molecule has 0 bridgehead atoms. The number of nitrogens with one attached hydrogen (secondary N) is 1. The Bertz CT molecular complexity index is 445. The second-order valence-corrected chi connectivity index (χ2v) is 5.49. The van der Waals surface area contributed by atoms with Crippen LogP contribution in [0.15, 0.2) is 24.3 Å². The molecule has 0 spiro atoms. The number of aliphatic hydroxyl groups excluding tert-OH is 1. The highest BCUT2D eigenvalue weighted by molar-refractivity contribution is 5.25. The molecule has 1 aliphatic heterocycles. The van der Waals surface area contributed by atoms with E-state index < -0.39 is 17.8 Å². The van der Waals surface area contributed by atoms with Gasteiger partial charge in [0.2, 0.25) is 0 Å². The smallest absolute Gasteiger partial charge is 0.390 e. The maximum atomic E-state index is 12.6. The average molecular weight is 302 g/mol. The Morgan fingerprint density at radius 3 is 2.62 bits per heavy atom. The summed E-state index contributed by atoms with van der Waals surface area (Å²) in [6, 6.07) is 5.25. The first-order chi connectivity index (χ1) is 9.95. The third-order valence-corrected chi connectivity index (χ3v) is 3.63. The highest BCUT2D eigenvalue weighted by atomic mass is 19.4. The Balaban J connectivity index is 1.75. The van der Waals surface area contributed by atoms with Crippen molar-refractivity contribution in [1.82, 2.24) is 10.2 Å². The maximum Gasteiger partial charge on any atom is 0.416 e. The lowest BCUT2D eigenvalue weighted by Crippen LogP contribution is -2.36. The zero-order valence-electron chi connectivity index (χ0n) is 11.9. The van der Waals surface area contributed by atoms with Crippen molar-refractivity contribution in [3.63, 3.8) is 0 Å². The first-order valence-corrected chi connectivity index (χ1v) is 7.22. The van der Waals surface area contributed by atoms with Gasteiger partial charge >= 0.3 is 6.18 Å². The van der Waals surface area contributed by atoms with E-state index in [9.17, 15) is 18.3 Å². The second kappa shape index (κ2) is 7.24. The number of alkyl halides is 3. The molecule has 2 N–H and O–H groups in total. The van der Waals surface area contributed by atoms with Gasteiger partial charge < -0.3 is 15.3 Å². The summed E-state index contributed by atoms with van der Waals surface area (Å²) in [6.45, 7) is 3.36. The summed E-state index contributed by atoms with van der Waals surface area (Å²) in [6.07, 6.45) is -2.46. The Labute approximate surface area is 122 Å². The van der Waals surface area contributed by atoms with Crippen LogP contribution in [0.3, 0.4) is 0 Å². The minimum absolute atomic E-state index is 0.320. The fourth-order valence-electron chi connectivity index (χ4n) is 2.57. The lowest BCUT2D eigenvalue weighted by molar-refractivity contribution is -0.137. The number of hydrogen-bond acceptors (Lipinski definition) is 3. The first-order valence-electron chi connectivity index (χ1n) is 7.22. The van der Waals surface area contributed by atoms with E-state index in [1.54, 1.807) is 6.07 Å². The van der Waals surface area contributed by atoms with Gasteiger partial charge in [-0.2, -0.15) is 13.2 Å². The third kappa shape index (κ3) is 5.30. The normalized spacial score (nSPS) is 18.1. The minimum Gasteiger partial charge on any atom is -0.390 e. The molecule has 1 fully saturated rings. The number of rotatable bonds is 6. The number of likely N-dealkylation sites (tertiary alicyclic amines) is 1. The quantitative estimate of drug-likeness (QED) is 0.846. The predicted molar refractivity (Wildman–Crippen MR) is 74.8 cm³/mol. The summed E-state index contributed by atoms with van der Waals surface area (Å²) in [5.74, 6) is 0. The molecule has 6 heteroatoms. The molecule has 1 saturated heterocycles. The van der Waals surface area contributed by atoms with Gasteiger partial charge in [0, 0.05) is 19.6 Å². The van der Waals surface area contributed by atoms with Crippen molar-refractivity contribution in [2.75, 3.05) is 26.2 Å². The number of hydrogen-bond donors (Lipinski definition) is 2. The van der Waals surface area contributed by atoms with Crippen LogP contribution in [0, 0.1) is 0 Å². The number of β-amino-alcohol motifs (C(OH)–C–C–N with tert-alkyl or cyclic N) is 1. The Kier molecular flexibility index (Phi) is 5.61. The molecule has 1 aliphatic rings. The van der Waals surface area contributed by atoms with E-state index in [1.807, 2.05) is 0 Å². The zero-order chi connectivity index (χ0) is 15.3. The van der Waals surface area contributed by atoms with E-state index in [0.29, 0.717) is 25.2 Å². The molecule has 1 aromatic carbocycles. The highest BCUT2D eigenvalue weighted by Crippen LogP contribution is 2.29. The van der Waals surface area contributed by atoms with Gasteiger partial charge in [0.1, 0.15) is 0 Å². The van der Waals surface area contributed by atoms with E-state index in [0.717, 1.165) is 25.2 Å². The maximum absolute atomic E-state index is 12.6. The molecule has 118 valence electrons. The predicted octanol–water partition coefficient (Wildman–Crippen LogP) is 2.25. The van der Waals surface area contributed by atoms with Crippen molar-refractivity contribution in [1.29, 1.82) is 0 Å². The molecule has 3 nitrogen and oxygen atoms in total. The number of benzene rings is 1. The standard InChI is InChI=1S/C15H21F3N2O/c16-15(17,18)13-5-3-4-12(8-13)9-19-10-14(21)11-20-6-1-2-7-20/h3-5,8,14,19,21H,1-2,6-7,9-11H2. The molecule has 0 radical (unpaired) electrons. The average Bonchev–Trinajstić information content (AvgIpc) is 2.91. The minimum atomic E-state index is -4.31. The topological polar surface area (TPSA) is 35.5 Å². The molecule has 0 saturated carbocycles. The van der Waals surface area contributed by atoms with Crippen LogP contribution in [0.1, 0.15) is 24.0 Å². The van der Waals surface area contributed by atoms with Gasteiger partial charge in [0.15, 0.2) is 0 Å². The molecule has 1 unspecified atom stereocenters. The van der Waals surface area contributed by atoms with Crippen LogP contribution in [0.25, 0.3) is 0 Å². The third-order valence-electron chi connectivity index (χ3n) is 3.63. The lowest BCUT2D eigenvalue weighted by Gasteiger charge is -2.19. The van der Waals surface area contributed by atoms with Gasteiger partial charge in [-0.15, -0.1) is 0 Å². The van der Waals surface area contributed by atoms with Crippen LogP contribution >= 0.6 is 0 Å². The fourth-order valence-corrected chi connectivity index (χ4v) is 2.57. The number of nitrogens with zero attached hydrogens (tertiary/aromatic N) is 1. The SMILES string of the molecule is OC(CNCc1cccc(C(F)(F)F)c1)CN1CCCC1. The Hall–Kier alpha value is -1.11. The van der Waals surface area contributed by atoms with Gasteiger partial charge in [-0.05, 0) is 37.6 Å². The first kappa shape index (κ1) is 16.3. The zero-order valence-corrected chi connectivity index (χ0v) is 11.9. The van der Waals surface area contributed by atoms with E-state index in [2.05, 4.69) is 10.2 Å². The summed E-state index contributed by atoms with van der Waals surface area (Å²) in [5.41, 5.74) is -0.0717. The number of halogens is 3. The van der Waals surface area contributed by atoms with Crippen molar-refractivity contribution in [2.45, 2.75) is 31.7 Å². The van der Waals surface area contributed by atoms with Gasteiger partial charge in [0.05, 0.1) is 11.7 Å². The summed E-state index contributed by atoms with van der Waals surface area (Å²) in [4.78, 5) is 2.20. The molecule has 0 aliphatic carbocycles. The van der Waals surface area contributed by atoms with Crippen molar-refractivity contribution in [3.05, 3.63) is 35.4 Å². The summed E-state index contributed by atoms with van der Waals surface area (Å²) >= 11 is 0. The molecule has 0 amide bonds. The van der Waals surface area contributed by atoms with Crippen LogP contribution < -0.4 is 5.32 Å². The van der Waals surface area contributed by atoms with Crippen molar-refractivity contribution >= 4 is 0 Å². The fraction of sp³-hybridized carbons (Fsp3) is 0.600. The molecule has 1 atom stereocenters. The van der Waals surface area contributed by atoms with Crippen LogP contribution in [0.4, 0.5) is 13.2 Å². The second-order valence-electron chi connectivity index (χ2n) is 5.49. The largest absolute Gasteiger partial charge is 0.416 e. The van der Waals surface area contributed by atoms with E-state index >= 15 is 0 Å². The summed E-state index contributed by atoms with van der Waals surface area (Å²) in [7, 11) is 0. The molecule has 1 aromatic rings. The molecule has 21 heavy (non-hydrogen) atoms. The summed E-state index contributed by atoms with van der Waals surface area (Å²) in [5, 5.41) is 12.9. The van der Waals surface area contributed by atoms with Crippen LogP contribution in [0.2, 0.25) is 0 Å². The van der Waals surface area contributed by atoms with Crippen LogP contribution in [-0.2, 0) is 12.7 Å². The molecule has 2 rings (SSSR count). The van der Waals surface area contributed by atoms with Gasteiger partial charge in [0.25, 0.3) is 0 Å². The Morgan fingerprint density at radius 2 is 1.95 bits per heavy atom. The lowest BCUT2D eigenvalue weighted by atomic mass is 10.1. The van der Waals surface area contributed by atoms with E-state index in [1.165, 1.54) is 18.9 Å². The molecular formula is C15H21F3N2O. The van der Waals surface area contributed by atoms with Crippen molar-refractivity contribution < 1.29 is 18.3 Å². The molecule has 1 heterocycles.